The molecule has 0 spiro atoms. The summed E-state index contributed by atoms with van der Waals surface area (Å²) in [5, 5.41) is 11.2. The van der Waals surface area contributed by atoms with Crippen LogP contribution in [0.4, 0.5) is 0 Å². The first-order valence-electron chi connectivity index (χ1n) is 5.59. The van der Waals surface area contributed by atoms with Crippen LogP contribution in [0.2, 0.25) is 5.02 Å². The number of amides is 1. The van der Waals surface area contributed by atoms with Gasteiger partial charge in [-0.3, -0.25) is 4.79 Å². The molecule has 1 aromatic carbocycles. The third kappa shape index (κ3) is 4.19. The molecule has 2 aromatic rings. The van der Waals surface area contributed by atoms with Crippen LogP contribution in [0.5, 0.6) is 0 Å². The average Bonchev–Trinajstić information content (AvgIpc) is 2.90. The molecular formula is C12H12ClN3OS2. The predicted octanol–water partition coefficient (Wildman–Crippen LogP) is 3.16. The Hall–Kier alpha value is -1.11. The summed E-state index contributed by atoms with van der Waals surface area (Å²) >= 11 is 8.89. The Labute approximate surface area is 124 Å². The Morgan fingerprint density at radius 3 is 3.00 bits per heavy atom. The SMILES string of the molecule is CC(NC(=O)CSc1nncs1)c1ccccc1Cl. The zero-order valence-corrected chi connectivity index (χ0v) is 12.6. The molecule has 0 fully saturated rings. The molecule has 1 heterocycles. The third-order valence-electron chi connectivity index (χ3n) is 2.42. The van der Waals surface area contributed by atoms with Gasteiger partial charge in [0.15, 0.2) is 4.34 Å². The minimum Gasteiger partial charge on any atom is -0.349 e. The van der Waals surface area contributed by atoms with E-state index < -0.39 is 0 Å². The van der Waals surface area contributed by atoms with Gasteiger partial charge >= 0.3 is 0 Å². The van der Waals surface area contributed by atoms with Crippen molar-refractivity contribution in [2.75, 3.05) is 5.75 Å². The molecular weight excluding hydrogens is 302 g/mol. The number of nitrogens with zero attached hydrogens (tertiary/aromatic N) is 2. The summed E-state index contributed by atoms with van der Waals surface area (Å²) in [5.74, 6) is 0.275. The molecule has 0 bridgehead atoms. The van der Waals surface area contributed by atoms with E-state index >= 15 is 0 Å². The summed E-state index contributed by atoms with van der Waals surface area (Å²) in [4.78, 5) is 11.8. The minimum atomic E-state index is -0.115. The van der Waals surface area contributed by atoms with Gasteiger partial charge in [0, 0.05) is 5.02 Å². The quantitative estimate of drug-likeness (QED) is 0.862. The van der Waals surface area contributed by atoms with Gasteiger partial charge in [0.25, 0.3) is 0 Å². The standard InChI is InChI=1S/C12H12ClN3OS2/c1-8(9-4-2-3-5-10(9)13)15-11(17)6-18-12-16-14-7-19-12/h2-5,7-8H,6H2,1H3,(H,15,17). The Kier molecular flexibility index (Phi) is 5.18. The first kappa shape index (κ1) is 14.3. The maximum Gasteiger partial charge on any atom is 0.230 e. The summed E-state index contributed by atoms with van der Waals surface area (Å²) in [7, 11) is 0. The molecule has 0 aliphatic carbocycles. The first-order valence-corrected chi connectivity index (χ1v) is 7.84. The summed E-state index contributed by atoms with van der Waals surface area (Å²) in [5.41, 5.74) is 2.56. The second kappa shape index (κ2) is 6.88. The van der Waals surface area contributed by atoms with Gasteiger partial charge in [0.2, 0.25) is 5.91 Å². The number of benzene rings is 1. The topological polar surface area (TPSA) is 54.9 Å². The van der Waals surface area contributed by atoms with E-state index in [9.17, 15) is 4.79 Å². The lowest BCUT2D eigenvalue weighted by molar-refractivity contribution is -0.119. The van der Waals surface area contributed by atoms with Crippen molar-refractivity contribution in [2.45, 2.75) is 17.3 Å². The zero-order chi connectivity index (χ0) is 13.7. The summed E-state index contributed by atoms with van der Waals surface area (Å²) in [6.45, 7) is 1.91. The van der Waals surface area contributed by atoms with E-state index in [0.717, 1.165) is 9.90 Å². The maximum absolute atomic E-state index is 11.8. The van der Waals surface area contributed by atoms with Crippen LogP contribution < -0.4 is 5.32 Å². The molecule has 100 valence electrons. The van der Waals surface area contributed by atoms with E-state index in [1.165, 1.54) is 23.1 Å². The van der Waals surface area contributed by atoms with E-state index in [4.69, 9.17) is 11.6 Å². The fourth-order valence-corrected chi connectivity index (χ4v) is 3.14. The van der Waals surface area contributed by atoms with Crippen molar-refractivity contribution in [1.82, 2.24) is 15.5 Å². The van der Waals surface area contributed by atoms with Gasteiger partial charge in [-0.05, 0) is 18.6 Å². The molecule has 0 radical (unpaired) electrons. The third-order valence-corrected chi connectivity index (χ3v) is 4.62. The minimum absolute atomic E-state index is 0.0485. The molecule has 4 nitrogen and oxygen atoms in total. The lowest BCUT2D eigenvalue weighted by Crippen LogP contribution is -2.28. The van der Waals surface area contributed by atoms with Gasteiger partial charge < -0.3 is 5.32 Å². The van der Waals surface area contributed by atoms with Crippen molar-refractivity contribution in [2.24, 2.45) is 0 Å². The fraction of sp³-hybridized carbons (Fsp3) is 0.250. The Bertz CT molecular complexity index is 548. The zero-order valence-electron chi connectivity index (χ0n) is 10.2. The molecule has 1 unspecified atom stereocenters. The van der Waals surface area contributed by atoms with Crippen LogP contribution in [-0.2, 0) is 4.79 Å². The second-order valence-electron chi connectivity index (χ2n) is 3.80. The van der Waals surface area contributed by atoms with Crippen molar-refractivity contribution in [1.29, 1.82) is 0 Å². The van der Waals surface area contributed by atoms with Gasteiger partial charge in [-0.15, -0.1) is 10.2 Å². The van der Waals surface area contributed by atoms with Crippen LogP contribution in [0.1, 0.15) is 18.5 Å². The molecule has 1 aromatic heterocycles. The number of thioether (sulfide) groups is 1. The van der Waals surface area contributed by atoms with Crippen molar-refractivity contribution >= 4 is 40.6 Å². The Morgan fingerprint density at radius 2 is 2.32 bits per heavy atom. The van der Waals surface area contributed by atoms with Crippen LogP contribution in [0, 0.1) is 0 Å². The smallest absolute Gasteiger partial charge is 0.230 e. The summed E-state index contributed by atoms with van der Waals surface area (Å²) in [6.07, 6.45) is 0. The summed E-state index contributed by atoms with van der Waals surface area (Å²) in [6, 6.07) is 7.38. The normalized spacial score (nSPS) is 12.1. The molecule has 0 aliphatic rings. The highest BCUT2D eigenvalue weighted by Crippen LogP contribution is 2.23. The molecule has 0 aliphatic heterocycles. The van der Waals surface area contributed by atoms with Crippen molar-refractivity contribution < 1.29 is 4.79 Å². The number of carbonyl (C=O) groups is 1. The van der Waals surface area contributed by atoms with E-state index in [0.29, 0.717) is 10.8 Å². The van der Waals surface area contributed by atoms with Crippen molar-refractivity contribution in [3.63, 3.8) is 0 Å². The highest BCUT2D eigenvalue weighted by Gasteiger charge is 2.12. The molecule has 19 heavy (non-hydrogen) atoms. The van der Waals surface area contributed by atoms with Crippen LogP contribution in [0.3, 0.4) is 0 Å². The predicted molar refractivity (Wildman–Crippen MR) is 78.6 cm³/mol. The van der Waals surface area contributed by atoms with Crippen LogP contribution in [0.25, 0.3) is 0 Å². The number of hydrogen-bond donors (Lipinski definition) is 1. The van der Waals surface area contributed by atoms with Gasteiger partial charge in [-0.2, -0.15) is 0 Å². The number of carbonyl (C=O) groups excluding carboxylic acids is 1. The van der Waals surface area contributed by atoms with E-state index in [-0.39, 0.29) is 11.9 Å². The average molecular weight is 314 g/mol. The monoisotopic (exact) mass is 313 g/mol. The second-order valence-corrected chi connectivity index (χ2v) is 6.27. The highest BCUT2D eigenvalue weighted by atomic mass is 35.5. The number of aromatic nitrogens is 2. The number of rotatable bonds is 5. The lowest BCUT2D eigenvalue weighted by Gasteiger charge is -2.15. The molecule has 7 heteroatoms. The van der Waals surface area contributed by atoms with Gasteiger partial charge in [0.05, 0.1) is 11.8 Å². The molecule has 1 N–H and O–H groups in total. The van der Waals surface area contributed by atoms with E-state index in [1.54, 1.807) is 5.51 Å². The Balaban J connectivity index is 1.87. The molecule has 2 rings (SSSR count). The number of nitrogens with one attached hydrogen (secondary N) is 1. The molecule has 0 saturated carbocycles. The largest absolute Gasteiger partial charge is 0.349 e. The summed E-state index contributed by atoms with van der Waals surface area (Å²) < 4.78 is 0.792. The van der Waals surface area contributed by atoms with Crippen molar-refractivity contribution in [3.05, 3.63) is 40.4 Å². The van der Waals surface area contributed by atoms with Crippen LogP contribution >= 0.6 is 34.7 Å². The first-order chi connectivity index (χ1) is 9.16. The van der Waals surface area contributed by atoms with Crippen molar-refractivity contribution in [3.8, 4) is 0 Å². The van der Waals surface area contributed by atoms with Gasteiger partial charge in [0.1, 0.15) is 5.51 Å². The molecule has 0 saturated heterocycles. The number of halogens is 1. The number of hydrogen-bond acceptors (Lipinski definition) is 5. The van der Waals surface area contributed by atoms with Gasteiger partial charge in [-0.1, -0.05) is 52.9 Å². The van der Waals surface area contributed by atoms with Crippen LogP contribution in [-0.4, -0.2) is 21.9 Å². The van der Waals surface area contributed by atoms with E-state index in [2.05, 4.69) is 15.5 Å². The maximum atomic E-state index is 11.8. The van der Waals surface area contributed by atoms with Crippen LogP contribution in [0.15, 0.2) is 34.1 Å². The van der Waals surface area contributed by atoms with E-state index in [1.807, 2.05) is 31.2 Å². The Morgan fingerprint density at radius 1 is 1.53 bits per heavy atom. The molecule has 1 atom stereocenters. The highest BCUT2D eigenvalue weighted by molar-refractivity contribution is 8.01. The van der Waals surface area contributed by atoms with Gasteiger partial charge in [-0.25, -0.2) is 0 Å². The lowest BCUT2D eigenvalue weighted by atomic mass is 10.1. The fourth-order valence-electron chi connectivity index (χ4n) is 1.54. The molecule has 1 amide bonds.